The molecular weight excluding hydrogens is 475 g/mol. The fraction of sp³-hybridized carbons (Fsp3) is 0.0556. The lowest BCUT2D eigenvalue weighted by atomic mass is 10.1. The molecule has 0 unspecified atom stereocenters. The summed E-state index contributed by atoms with van der Waals surface area (Å²) < 4.78 is 64.2. The van der Waals surface area contributed by atoms with Crippen molar-refractivity contribution in [2.75, 3.05) is 0 Å². The van der Waals surface area contributed by atoms with E-state index in [-0.39, 0.29) is 11.4 Å². The van der Waals surface area contributed by atoms with Crippen LogP contribution in [0.4, 0.5) is 13.2 Å². The number of primary sulfonamides is 1. The third-order valence-electron chi connectivity index (χ3n) is 4.19. The molecule has 0 spiro atoms. The van der Waals surface area contributed by atoms with Crippen molar-refractivity contribution >= 4 is 33.0 Å². The number of halogens is 4. The smallest absolute Gasteiger partial charge is 0.245 e. The summed E-state index contributed by atoms with van der Waals surface area (Å²) in [4.78, 5) is 7.90. The Hall–Kier alpha value is -2.80. The van der Waals surface area contributed by atoms with Crippen LogP contribution in [0.5, 0.6) is 0 Å². The number of nitrogens with zero attached hydrogens (tertiary/aromatic N) is 4. The average Bonchev–Trinajstić information content (AvgIpc) is 3.35. The summed E-state index contributed by atoms with van der Waals surface area (Å²) in [5, 5.41) is 10.2. The van der Waals surface area contributed by atoms with Crippen LogP contribution in [-0.4, -0.2) is 28.2 Å². The number of hydrogen-bond acceptors (Lipinski definition) is 6. The number of nitrogens with two attached hydrogens (primary N) is 1. The molecule has 4 aromatic rings. The number of hydrogen-bond donors (Lipinski definition) is 1. The van der Waals surface area contributed by atoms with Gasteiger partial charge in [0.05, 0.1) is 22.6 Å². The fourth-order valence-corrected chi connectivity index (χ4v) is 4.25. The molecule has 2 N–H and O–H groups in total. The third-order valence-corrected chi connectivity index (χ3v) is 6.20. The number of pyridine rings is 1. The Morgan fingerprint density at radius 2 is 1.71 bits per heavy atom. The van der Waals surface area contributed by atoms with E-state index in [0.717, 1.165) is 27.5 Å². The number of aromatic nitrogens is 4. The predicted octanol–water partition coefficient (Wildman–Crippen LogP) is 4.38. The molecule has 13 heteroatoms. The number of rotatable bonds is 4. The van der Waals surface area contributed by atoms with E-state index in [4.69, 9.17) is 16.7 Å². The average molecular weight is 486 g/mol. The SMILES string of the molecule is NS(=O)(=O)c1ccc(-n2nc(C(F)(F)F)c(Cl)c2-c2ccc(-c3nccs3)cc2)cn1. The van der Waals surface area contributed by atoms with Crippen molar-refractivity contribution in [2.45, 2.75) is 11.2 Å². The molecule has 0 radical (unpaired) electrons. The summed E-state index contributed by atoms with van der Waals surface area (Å²) in [5.41, 5.74) is -0.0719. The van der Waals surface area contributed by atoms with Gasteiger partial charge in [0.1, 0.15) is 5.01 Å². The largest absolute Gasteiger partial charge is 0.436 e. The minimum absolute atomic E-state index is 0.0233. The zero-order valence-corrected chi connectivity index (χ0v) is 17.6. The summed E-state index contributed by atoms with van der Waals surface area (Å²) in [7, 11) is -4.07. The maximum Gasteiger partial charge on any atom is 0.436 e. The molecule has 0 saturated heterocycles. The van der Waals surface area contributed by atoms with Crippen molar-refractivity contribution in [1.29, 1.82) is 0 Å². The predicted molar refractivity (Wildman–Crippen MR) is 109 cm³/mol. The van der Waals surface area contributed by atoms with E-state index in [1.165, 1.54) is 17.4 Å². The minimum atomic E-state index is -4.80. The number of alkyl halides is 3. The van der Waals surface area contributed by atoms with Crippen molar-refractivity contribution in [1.82, 2.24) is 19.7 Å². The van der Waals surface area contributed by atoms with Crippen LogP contribution in [0.25, 0.3) is 27.5 Å². The molecule has 0 aliphatic heterocycles. The lowest BCUT2D eigenvalue weighted by Gasteiger charge is -2.09. The van der Waals surface area contributed by atoms with E-state index in [2.05, 4.69) is 15.1 Å². The van der Waals surface area contributed by atoms with E-state index in [1.807, 2.05) is 5.38 Å². The van der Waals surface area contributed by atoms with E-state index < -0.39 is 31.9 Å². The lowest BCUT2D eigenvalue weighted by Crippen LogP contribution is -2.14. The van der Waals surface area contributed by atoms with E-state index >= 15 is 0 Å². The Labute approximate surface area is 183 Å². The lowest BCUT2D eigenvalue weighted by molar-refractivity contribution is -0.141. The molecule has 1 aromatic carbocycles. The Bertz CT molecular complexity index is 1330. The number of sulfonamides is 1. The van der Waals surface area contributed by atoms with Crippen LogP contribution in [-0.2, 0) is 16.2 Å². The Morgan fingerprint density at radius 1 is 1.03 bits per heavy atom. The van der Waals surface area contributed by atoms with Crippen LogP contribution in [0.1, 0.15) is 5.69 Å². The van der Waals surface area contributed by atoms with Crippen molar-refractivity contribution in [2.24, 2.45) is 5.14 Å². The quantitative estimate of drug-likeness (QED) is 0.462. The zero-order valence-electron chi connectivity index (χ0n) is 15.2. The van der Waals surface area contributed by atoms with Gasteiger partial charge in [-0.3, -0.25) is 0 Å². The van der Waals surface area contributed by atoms with Crippen molar-refractivity contribution < 1.29 is 21.6 Å². The summed E-state index contributed by atoms with van der Waals surface area (Å²) in [5.74, 6) is 0. The first-order valence-electron chi connectivity index (χ1n) is 8.41. The number of benzene rings is 1. The third kappa shape index (κ3) is 4.19. The molecule has 0 aliphatic carbocycles. The molecule has 4 rings (SSSR count). The molecule has 3 aromatic heterocycles. The van der Waals surface area contributed by atoms with Gasteiger partial charge < -0.3 is 0 Å². The Morgan fingerprint density at radius 3 is 2.23 bits per heavy atom. The summed E-state index contributed by atoms with van der Waals surface area (Å²) in [6, 6.07) is 8.92. The van der Waals surface area contributed by atoms with Gasteiger partial charge in [-0.15, -0.1) is 11.3 Å². The van der Waals surface area contributed by atoms with Crippen LogP contribution >= 0.6 is 22.9 Å². The van der Waals surface area contributed by atoms with Crippen molar-refractivity contribution in [3.8, 4) is 27.5 Å². The molecule has 0 atom stereocenters. The molecule has 0 amide bonds. The van der Waals surface area contributed by atoms with Gasteiger partial charge in [-0.1, -0.05) is 35.9 Å². The minimum Gasteiger partial charge on any atom is -0.245 e. The van der Waals surface area contributed by atoms with Crippen molar-refractivity contribution in [3.05, 3.63) is 64.9 Å². The normalized spacial score (nSPS) is 12.3. The Balaban J connectivity index is 1.86. The molecule has 0 bridgehead atoms. The Kier molecular flexibility index (Phi) is 5.33. The summed E-state index contributed by atoms with van der Waals surface area (Å²) in [6.07, 6.45) is -2.10. The van der Waals surface area contributed by atoms with Gasteiger partial charge in [0.2, 0.25) is 0 Å². The first-order valence-corrected chi connectivity index (χ1v) is 11.2. The van der Waals surface area contributed by atoms with Gasteiger partial charge >= 0.3 is 6.18 Å². The topological polar surface area (TPSA) is 104 Å². The summed E-state index contributed by atoms with van der Waals surface area (Å²) in [6.45, 7) is 0. The first-order chi connectivity index (χ1) is 14.6. The summed E-state index contributed by atoms with van der Waals surface area (Å²) >= 11 is 7.51. The van der Waals surface area contributed by atoms with E-state index in [9.17, 15) is 21.6 Å². The van der Waals surface area contributed by atoms with E-state index in [0.29, 0.717) is 5.56 Å². The van der Waals surface area contributed by atoms with Gasteiger partial charge in [0.25, 0.3) is 10.0 Å². The first kappa shape index (κ1) is 21.4. The van der Waals surface area contributed by atoms with E-state index in [1.54, 1.807) is 30.5 Å². The van der Waals surface area contributed by atoms with Crippen LogP contribution in [0.2, 0.25) is 5.02 Å². The molecular formula is C18H11ClF3N5O2S2. The van der Waals surface area contributed by atoms with Crippen LogP contribution in [0, 0.1) is 0 Å². The van der Waals surface area contributed by atoms with Gasteiger partial charge in [0, 0.05) is 22.7 Å². The van der Waals surface area contributed by atoms with Crippen LogP contribution in [0.15, 0.2) is 59.2 Å². The molecule has 160 valence electrons. The molecule has 31 heavy (non-hydrogen) atoms. The number of thiazole rings is 1. The van der Waals surface area contributed by atoms with Gasteiger partial charge in [0.15, 0.2) is 10.7 Å². The highest BCUT2D eigenvalue weighted by atomic mass is 35.5. The standard InChI is InChI=1S/C18H11ClF3N5O2S2/c19-14-15(10-1-3-11(4-2-10)17-24-7-8-30-17)27(26-16(14)18(20,21)22)12-5-6-13(25-9-12)31(23,28)29/h1-9H,(H2,23,28,29). The monoisotopic (exact) mass is 485 g/mol. The zero-order chi connectivity index (χ0) is 22.4. The maximum absolute atomic E-state index is 13.5. The molecule has 7 nitrogen and oxygen atoms in total. The second-order valence-corrected chi connectivity index (χ2v) is 9.02. The van der Waals surface area contributed by atoms with Gasteiger partial charge in [-0.2, -0.15) is 18.3 Å². The molecule has 0 saturated carbocycles. The molecule has 3 heterocycles. The highest BCUT2D eigenvalue weighted by Crippen LogP contribution is 2.41. The second kappa shape index (κ2) is 7.71. The highest BCUT2D eigenvalue weighted by Gasteiger charge is 2.39. The van der Waals surface area contributed by atoms with Gasteiger partial charge in [-0.05, 0) is 12.1 Å². The van der Waals surface area contributed by atoms with Gasteiger partial charge in [-0.25, -0.2) is 28.2 Å². The molecule has 0 fully saturated rings. The fourth-order valence-electron chi connectivity index (χ4n) is 2.82. The van der Waals surface area contributed by atoms with Crippen LogP contribution in [0.3, 0.4) is 0 Å². The van der Waals surface area contributed by atoms with Crippen LogP contribution < -0.4 is 5.14 Å². The maximum atomic E-state index is 13.5. The highest BCUT2D eigenvalue weighted by molar-refractivity contribution is 7.89. The molecule has 0 aliphatic rings. The second-order valence-electron chi connectivity index (χ2n) is 6.24. The van der Waals surface area contributed by atoms with Crippen molar-refractivity contribution in [3.63, 3.8) is 0 Å².